The number of benzene rings is 1. The number of terminal acetylenes is 1. The lowest BCUT2D eigenvalue weighted by atomic mass is 10.1. The second kappa shape index (κ2) is 3.78. The first-order valence-electron chi connectivity index (χ1n) is 3.51. The number of halogens is 1. The third kappa shape index (κ3) is 2.43. The van der Waals surface area contributed by atoms with Gasteiger partial charge in [0, 0.05) is 6.42 Å². The van der Waals surface area contributed by atoms with Gasteiger partial charge in [0.2, 0.25) is 0 Å². The minimum atomic E-state index is -0.195. The van der Waals surface area contributed by atoms with Gasteiger partial charge in [-0.3, -0.25) is 0 Å². The van der Waals surface area contributed by atoms with E-state index in [4.69, 9.17) is 6.42 Å². The molecule has 56 valence electrons. The van der Waals surface area contributed by atoms with Crippen LogP contribution in [0.5, 0.6) is 0 Å². The Bertz CT molecular complexity index is 270. The fraction of sp³-hybridized carbons (Fsp3) is 0.200. The number of hydrogen-bond acceptors (Lipinski definition) is 0. The predicted molar refractivity (Wildman–Crippen MR) is 43.6 cm³/mol. The van der Waals surface area contributed by atoms with Gasteiger partial charge in [-0.15, -0.1) is 12.3 Å². The van der Waals surface area contributed by atoms with E-state index in [-0.39, 0.29) is 5.82 Å². The van der Waals surface area contributed by atoms with Gasteiger partial charge in [-0.05, 0) is 24.1 Å². The van der Waals surface area contributed by atoms with Crippen LogP contribution in [-0.2, 0) is 6.42 Å². The van der Waals surface area contributed by atoms with E-state index in [0.717, 1.165) is 12.0 Å². The van der Waals surface area contributed by atoms with Gasteiger partial charge in [0.25, 0.3) is 0 Å². The van der Waals surface area contributed by atoms with E-state index in [1.54, 1.807) is 6.07 Å². The molecule has 0 aliphatic carbocycles. The van der Waals surface area contributed by atoms with E-state index < -0.39 is 0 Å². The number of hydrogen-bond donors (Lipinski definition) is 0. The molecule has 0 nitrogen and oxygen atoms in total. The van der Waals surface area contributed by atoms with Crippen molar-refractivity contribution in [2.45, 2.75) is 12.8 Å². The Labute approximate surface area is 66.1 Å². The van der Waals surface area contributed by atoms with Crippen LogP contribution in [0.1, 0.15) is 12.0 Å². The van der Waals surface area contributed by atoms with Crippen LogP contribution >= 0.6 is 0 Å². The van der Waals surface area contributed by atoms with Gasteiger partial charge >= 0.3 is 0 Å². The molecule has 0 aromatic heterocycles. The maximum absolute atomic E-state index is 12.5. The molecule has 1 aromatic rings. The monoisotopic (exact) mass is 148 g/mol. The summed E-state index contributed by atoms with van der Waals surface area (Å²) >= 11 is 0. The molecule has 0 unspecified atom stereocenters. The molecule has 0 atom stereocenters. The van der Waals surface area contributed by atoms with Gasteiger partial charge in [-0.25, -0.2) is 4.39 Å². The number of aryl methyl sites for hydroxylation is 1. The summed E-state index contributed by atoms with van der Waals surface area (Å²) in [4.78, 5) is 0. The average Bonchev–Trinajstić information content (AvgIpc) is 2.01. The first-order chi connectivity index (χ1) is 5.33. The van der Waals surface area contributed by atoms with Crippen molar-refractivity contribution in [3.8, 4) is 12.3 Å². The van der Waals surface area contributed by atoms with Crippen molar-refractivity contribution in [2.75, 3.05) is 0 Å². The maximum atomic E-state index is 12.5. The van der Waals surface area contributed by atoms with E-state index in [1.165, 1.54) is 12.1 Å². The second-order valence-corrected chi connectivity index (χ2v) is 2.33. The standard InChI is InChI=1S/C10H9F/c1-2-3-5-9-6-4-7-10(11)8-9/h1,4,6-8H,3,5H2. The molecule has 0 bridgehead atoms. The lowest BCUT2D eigenvalue weighted by Gasteiger charge is -1.95. The fourth-order valence-electron chi connectivity index (χ4n) is 0.909. The molecule has 0 amide bonds. The van der Waals surface area contributed by atoms with Gasteiger partial charge in [0.15, 0.2) is 0 Å². The van der Waals surface area contributed by atoms with Gasteiger partial charge in [-0.1, -0.05) is 12.1 Å². The van der Waals surface area contributed by atoms with E-state index in [9.17, 15) is 4.39 Å². The van der Waals surface area contributed by atoms with E-state index >= 15 is 0 Å². The molecule has 0 saturated heterocycles. The van der Waals surface area contributed by atoms with Crippen molar-refractivity contribution in [1.82, 2.24) is 0 Å². The largest absolute Gasteiger partial charge is 0.207 e. The van der Waals surface area contributed by atoms with Crippen LogP contribution < -0.4 is 0 Å². The Hall–Kier alpha value is -1.29. The summed E-state index contributed by atoms with van der Waals surface area (Å²) in [5, 5.41) is 0. The Morgan fingerprint density at radius 3 is 2.91 bits per heavy atom. The minimum Gasteiger partial charge on any atom is -0.207 e. The third-order valence-corrected chi connectivity index (χ3v) is 1.45. The summed E-state index contributed by atoms with van der Waals surface area (Å²) in [6.45, 7) is 0. The predicted octanol–water partition coefficient (Wildman–Crippen LogP) is 2.39. The van der Waals surface area contributed by atoms with Crippen LogP contribution in [0.15, 0.2) is 24.3 Å². The molecule has 0 saturated carbocycles. The topological polar surface area (TPSA) is 0 Å². The second-order valence-electron chi connectivity index (χ2n) is 2.33. The quantitative estimate of drug-likeness (QED) is 0.565. The van der Waals surface area contributed by atoms with Gasteiger partial charge in [0.05, 0.1) is 0 Å². The Morgan fingerprint density at radius 2 is 2.27 bits per heavy atom. The Kier molecular flexibility index (Phi) is 2.68. The normalized spacial score (nSPS) is 9.09. The van der Waals surface area contributed by atoms with Crippen molar-refractivity contribution in [2.24, 2.45) is 0 Å². The molecule has 1 rings (SSSR count). The van der Waals surface area contributed by atoms with Crippen LogP contribution in [0.4, 0.5) is 4.39 Å². The van der Waals surface area contributed by atoms with E-state index in [1.807, 2.05) is 6.07 Å². The zero-order chi connectivity index (χ0) is 8.10. The summed E-state index contributed by atoms with van der Waals surface area (Å²) in [5.74, 6) is 2.32. The summed E-state index contributed by atoms with van der Waals surface area (Å²) in [6, 6.07) is 6.51. The minimum absolute atomic E-state index is 0.195. The molecule has 1 aromatic carbocycles. The van der Waals surface area contributed by atoms with Crippen molar-refractivity contribution < 1.29 is 4.39 Å². The highest BCUT2D eigenvalue weighted by atomic mass is 19.1. The van der Waals surface area contributed by atoms with Crippen molar-refractivity contribution in [3.63, 3.8) is 0 Å². The van der Waals surface area contributed by atoms with Crippen molar-refractivity contribution >= 4 is 0 Å². The molecule has 0 heterocycles. The summed E-state index contributed by atoms with van der Waals surface area (Å²) in [6.07, 6.45) is 6.50. The SMILES string of the molecule is C#CCCc1cccc(F)c1. The smallest absolute Gasteiger partial charge is 0.123 e. The van der Waals surface area contributed by atoms with E-state index in [2.05, 4.69) is 5.92 Å². The lowest BCUT2D eigenvalue weighted by molar-refractivity contribution is 0.625. The maximum Gasteiger partial charge on any atom is 0.123 e. The Balaban J connectivity index is 2.65. The molecule has 0 N–H and O–H groups in total. The summed E-state index contributed by atoms with van der Waals surface area (Å²) < 4.78 is 12.5. The van der Waals surface area contributed by atoms with Crippen molar-refractivity contribution in [3.05, 3.63) is 35.6 Å². The first-order valence-corrected chi connectivity index (χ1v) is 3.51. The molecule has 0 fully saturated rings. The third-order valence-electron chi connectivity index (χ3n) is 1.45. The van der Waals surface area contributed by atoms with Crippen LogP contribution in [0.3, 0.4) is 0 Å². The molecular weight excluding hydrogens is 139 g/mol. The van der Waals surface area contributed by atoms with Crippen LogP contribution in [0.25, 0.3) is 0 Å². The zero-order valence-corrected chi connectivity index (χ0v) is 6.18. The summed E-state index contributed by atoms with van der Waals surface area (Å²) in [7, 11) is 0. The van der Waals surface area contributed by atoms with Crippen LogP contribution in [0, 0.1) is 18.2 Å². The highest BCUT2D eigenvalue weighted by Crippen LogP contribution is 2.05. The fourth-order valence-corrected chi connectivity index (χ4v) is 0.909. The van der Waals surface area contributed by atoms with Gasteiger partial charge in [0.1, 0.15) is 5.82 Å². The highest BCUT2D eigenvalue weighted by Gasteiger charge is 1.92. The van der Waals surface area contributed by atoms with Gasteiger partial charge < -0.3 is 0 Å². The number of rotatable bonds is 2. The summed E-state index contributed by atoms with van der Waals surface area (Å²) in [5.41, 5.74) is 0.961. The van der Waals surface area contributed by atoms with Crippen LogP contribution in [-0.4, -0.2) is 0 Å². The molecule has 0 aliphatic rings. The van der Waals surface area contributed by atoms with Gasteiger partial charge in [-0.2, -0.15) is 0 Å². The lowest BCUT2D eigenvalue weighted by Crippen LogP contribution is -1.83. The Morgan fingerprint density at radius 1 is 1.45 bits per heavy atom. The molecule has 0 aliphatic heterocycles. The molecular formula is C10H9F. The molecule has 0 spiro atoms. The average molecular weight is 148 g/mol. The molecule has 1 heteroatoms. The van der Waals surface area contributed by atoms with E-state index in [0.29, 0.717) is 6.42 Å². The van der Waals surface area contributed by atoms with Crippen LogP contribution in [0.2, 0.25) is 0 Å². The zero-order valence-electron chi connectivity index (χ0n) is 6.18. The van der Waals surface area contributed by atoms with Crippen molar-refractivity contribution in [1.29, 1.82) is 0 Å². The highest BCUT2D eigenvalue weighted by molar-refractivity contribution is 5.17. The molecule has 11 heavy (non-hydrogen) atoms. The molecule has 0 radical (unpaired) electrons. The first kappa shape index (κ1) is 7.81.